The molecule has 2 aromatic heterocycles. The van der Waals surface area contributed by atoms with E-state index in [-0.39, 0.29) is 23.4 Å². The normalized spacial score (nSPS) is 11.8. The summed E-state index contributed by atoms with van der Waals surface area (Å²) >= 11 is 0. The summed E-state index contributed by atoms with van der Waals surface area (Å²) in [4.78, 5) is 18.2. The van der Waals surface area contributed by atoms with Gasteiger partial charge >= 0.3 is 6.18 Å². The number of rotatable bonds is 4. The Labute approximate surface area is 130 Å². The highest BCUT2D eigenvalue weighted by Crippen LogP contribution is 2.22. The maximum Gasteiger partial charge on any atom is 0.422 e. The second-order valence-electron chi connectivity index (χ2n) is 4.79. The van der Waals surface area contributed by atoms with Crippen LogP contribution >= 0.6 is 0 Å². The van der Waals surface area contributed by atoms with Gasteiger partial charge in [0.25, 0.3) is 5.56 Å². The zero-order chi connectivity index (χ0) is 17.3. The van der Waals surface area contributed by atoms with E-state index >= 15 is 0 Å². The van der Waals surface area contributed by atoms with Gasteiger partial charge in [-0.15, -0.1) is 0 Å². The first kappa shape index (κ1) is 15.9. The van der Waals surface area contributed by atoms with Gasteiger partial charge in [0, 0.05) is 6.42 Å². The minimum atomic E-state index is -4.57. The zero-order valence-corrected chi connectivity index (χ0v) is 11.7. The van der Waals surface area contributed by atoms with Crippen LogP contribution in [0, 0.1) is 5.82 Å². The molecule has 11 heteroatoms. The van der Waals surface area contributed by atoms with Crippen molar-refractivity contribution < 1.29 is 26.9 Å². The van der Waals surface area contributed by atoms with Gasteiger partial charge in [-0.25, -0.2) is 14.0 Å². The molecule has 7 nitrogen and oxygen atoms in total. The number of halogens is 4. The molecular formula is C13H8F4N4O3. The molecule has 0 saturated heterocycles. The van der Waals surface area contributed by atoms with Crippen LogP contribution in [-0.4, -0.2) is 33.1 Å². The fourth-order valence-electron chi connectivity index (χ4n) is 1.94. The summed E-state index contributed by atoms with van der Waals surface area (Å²) in [6, 6.07) is 3.36. The molecule has 126 valence electrons. The summed E-state index contributed by atoms with van der Waals surface area (Å²) in [5, 5.41) is 6.89. The van der Waals surface area contributed by atoms with Crippen LogP contribution in [0.5, 0.6) is 5.75 Å². The molecule has 3 aromatic rings. The van der Waals surface area contributed by atoms with Crippen molar-refractivity contribution in [2.24, 2.45) is 0 Å². The fraction of sp³-hybridized carbons (Fsp3) is 0.231. The first-order valence-corrected chi connectivity index (χ1v) is 6.51. The molecule has 1 aromatic carbocycles. The number of fused-ring (bicyclic) bond motifs is 1. The van der Waals surface area contributed by atoms with Gasteiger partial charge < -0.3 is 4.74 Å². The molecule has 0 atom stereocenters. The minimum Gasteiger partial charge on any atom is -0.481 e. The fourth-order valence-corrected chi connectivity index (χ4v) is 1.94. The average molecular weight is 344 g/mol. The van der Waals surface area contributed by atoms with E-state index in [9.17, 15) is 22.4 Å². The molecule has 0 radical (unpaired) electrons. The second kappa shape index (κ2) is 5.91. The molecule has 0 bridgehead atoms. The van der Waals surface area contributed by atoms with Crippen LogP contribution in [0.1, 0.15) is 11.3 Å². The summed E-state index contributed by atoms with van der Waals surface area (Å²) in [5.41, 5.74) is -0.0562. The summed E-state index contributed by atoms with van der Waals surface area (Å²) in [5.74, 6) is -1.51. The third-order valence-electron chi connectivity index (χ3n) is 2.97. The first-order chi connectivity index (χ1) is 11.3. The number of benzene rings is 1. The topological polar surface area (TPSA) is 93.9 Å². The number of hydrogen-bond acceptors (Lipinski definition) is 6. The number of nitrogens with one attached hydrogen (secondary N) is 1. The van der Waals surface area contributed by atoms with Crippen LogP contribution in [0.3, 0.4) is 0 Å². The van der Waals surface area contributed by atoms with Crippen LogP contribution in [-0.2, 0) is 6.42 Å². The van der Waals surface area contributed by atoms with E-state index < -0.39 is 29.9 Å². The van der Waals surface area contributed by atoms with Crippen molar-refractivity contribution in [1.82, 2.24) is 20.3 Å². The van der Waals surface area contributed by atoms with Crippen molar-refractivity contribution >= 4 is 11.3 Å². The Balaban J connectivity index is 1.81. The Bertz CT molecular complexity index is 935. The van der Waals surface area contributed by atoms with Gasteiger partial charge in [-0.1, -0.05) is 6.07 Å². The molecule has 0 fully saturated rings. The van der Waals surface area contributed by atoms with Crippen molar-refractivity contribution in [3.63, 3.8) is 0 Å². The van der Waals surface area contributed by atoms with E-state index in [1.54, 1.807) is 0 Å². The van der Waals surface area contributed by atoms with Crippen LogP contribution < -0.4 is 10.3 Å². The number of alkyl halides is 3. The van der Waals surface area contributed by atoms with E-state index in [0.717, 1.165) is 12.1 Å². The number of H-pyrrole nitrogens is 1. The summed E-state index contributed by atoms with van der Waals surface area (Å²) in [6.45, 7) is -1.60. The molecule has 0 unspecified atom stereocenters. The summed E-state index contributed by atoms with van der Waals surface area (Å²) in [7, 11) is 0. The number of aromatic amines is 1. The Kier molecular flexibility index (Phi) is 3.91. The molecule has 0 aliphatic rings. The van der Waals surface area contributed by atoms with Gasteiger partial charge in [0.05, 0.1) is 0 Å². The quantitative estimate of drug-likeness (QED) is 0.728. The lowest BCUT2D eigenvalue weighted by Gasteiger charge is -2.10. The van der Waals surface area contributed by atoms with Crippen LogP contribution in [0.2, 0.25) is 0 Å². The predicted molar refractivity (Wildman–Crippen MR) is 71.0 cm³/mol. The third kappa shape index (κ3) is 3.50. The largest absolute Gasteiger partial charge is 0.481 e. The monoisotopic (exact) mass is 344 g/mol. The molecule has 0 saturated carbocycles. The summed E-state index contributed by atoms with van der Waals surface area (Å²) in [6.07, 6.45) is -4.63. The Morgan fingerprint density at radius 3 is 2.75 bits per heavy atom. The Hall–Kier alpha value is -2.98. The lowest BCUT2D eigenvalue weighted by molar-refractivity contribution is -0.153. The standard InChI is InChI=1S/C13H8F4N4O3/c14-7-3-6(1-2-9(7)23-5-13(15,16)17)4-8-12(22)19-11-10(18-8)20-24-21-11/h1-3H,4-5H2,(H,19,21,22). The van der Waals surface area contributed by atoms with Crippen molar-refractivity contribution in [2.75, 3.05) is 6.61 Å². The van der Waals surface area contributed by atoms with E-state index in [4.69, 9.17) is 0 Å². The molecule has 1 N–H and O–H groups in total. The lowest BCUT2D eigenvalue weighted by Crippen LogP contribution is -2.19. The summed E-state index contributed by atoms with van der Waals surface area (Å²) < 4.78 is 58.8. The van der Waals surface area contributed by atoms with Crippen molar-refractivity contribution in [3.8, 4) is 5.75 Å². The lowest BCUT2D eigenvalue weighted by atomic mass is 10.1. The van der Waals surface area contributed by atoms with Gasteiger partial charge in [-0.05, 0) is 28.0 Å². The molecule has 2 heterocycles. The predicted octanol–water partition coefficient (Wildman–Crippen LogP) is 1.98. The van der Waals surface area contributed by atoms with Crippen molar-refractivity contribution in [3.05, 3.63) is 45.6 Å². The number of nitrogens with zero attached hydrogens (tertiary/aromatic N) is 3. The Morgan fingerprint density at radius 2 is 2.04 bits per heavy atom. The molecule has 0 amide bonds. The molecule has 3 rings (SSSR count). The molecule has 24 heavy (non-hydrogen) atoms. The van der Waals surface area contributed by atoms with Gasteiger partial charge in [0.15, 0.2) is 18.2 Å². The van der Waals surface area contributed by atoms with E-state index in [2.05, 4.69) is 29.6 Å². The van der Waals surface area contributed by atoms with E-state index in [0.29, 0.717) is 5.56 Å². The van der Waals surface area contributed by atoms with Crippen LogP contribution in [0.25, 0.3) is 11.3 Å². The number of hydrogen-bond donors (Lipinski definition) is 1. The van der Waals surface area contributed by atoms with E-state index in [1.807, 2.05) is 0 Å². The highest BCUT2D eigenvalue weighted by Gasteiger charge is 2.29. The average Bonchev–Trinajstić information content (AvgIpc) is 2.93. The molecule has 0 spiro atoms. The maximum atomic E-state index is 13.8. The second-order valence-corrected chi connectivity index (χ2v) is 4.79. The SMILES string of the molecule is O=c1[nH]c2nonc2nc1Cc1ccc(OCC(F)(F)F)c(F)c1. The maximum absolute atomic E-state index is 13.8. The van der Waals surface area contributed by atoms with E-state index in [1.165, 1.54) is 6.07 Å². The third-order valence-corrected chi connectivity index (χ3v) is 2.97. The highest BCUT2D eigenvalue weighted by molar-refractivity contribution is 5.62. The first-order valence-electron chi connectivity index (χ1n) is 6.51. The van der Waals surface area contributed by atoms with Crippen LogP contribution in [0.15, 0.2) is 27.6 Å². The Morgan fingerprint density at radius 1 is 1.25 bits per heavy atom. The van der Waals surface area contributed by atoms with Gasteiger partial charge in [0.1, 0.15) is 5.69 Å². The minimum absolute atomic E-state index is 0.0292. The van der Waals surface area contributed by atoms with Gasteiger partial charge in [-0.3, -0.25) is 9.78 Å². The van der Waals surface area contributed by atoms with Gasteiger partial charge in [-0.2, -0.15) is 13.2 Å². The van der Waals surface area contributed by atoms with Crippen LogP contribution in [0.4, 0.5) is 17.6 Å². The van der Waals surface area contributed by atoms with Crippen molar-refractivity contribution in [2.45, 2.75) is 12.6 Å². The molecule has 0 aliphatic carbocycles. The van der Waals surface area contributed by atoms with Gasteiger partial charge in [0.2, 0.25) is 11.3 Å². The number of ether oxygens (including phenoxy) is 1. The highest BCUT2D eigenvalue weighted by atomic mass is 19.4. The number of aromatic nitrogens is 4. The smallest absolute Gasteiger partial charge is 0.422 e. The zero-order valence-electron chi connectivity index (χ0n) is 11.7. The van der Waals surface area contributed by atoms with Crippen molar-refractivity contribution in [1.29, 1.82) is 0 Å². The molecule has 0 aliphatic heterocycles. The molecular weight excluding hydrogens is 336 g/mol.